The maximum Gasteiger partial charge on any atom is 0.146 e. The number of benzene rings is 5. The monoisotopic (exact) mass is 587 g/mol. The molecule has 0 saturated carbocycles. The number of nitrogens with zero attached hydrogens (tertiary/aromatic N) is 5. The molecular formula is C41H25N5. The van der Waals surface area contributed by atoms with Crippen LogP contribution in [0.25, 0.3) is 77.6 Å². The van der Waals surface area contributed by atoms with Crippen molar-refractivity contribution < 1.29 is 0 Å². The van der Waals surface area contributed by atoms with Gasteiger partial charge in [0.15, 0.2) is 0 Å². The molecule has 4 aromatic heterocycles. The highest BCUT2D eigenvalue weighted by molar-refractivity contribution is 6.10. The summed E-state index contributed by atoms with van der Waals surface area (Å²) in [5.41, 5.74) is 8.60. The van der Waals surface area contributed by atoms with Gasteiger partial charge in [0.25, 0.3) is 0 Å². The number of pyridine rings is 2. The van der Waals surface area contributed by atoms with Gasteiger partial charge in [-0.3, -0.25) is 9.13 Å². The lowest BCUT2D eigenvalue weighted by molar-refractivity contribution is 1.00. The van der Waals surface area contributed by atoms with Gasteiger partial charge in [-0.1, -0.05) is 97.1 Å². The first-order valence-corrected chi connectivity index (χ1v) is 15.2. The number of para-hydroxylation sites is 3. The molecular weight excluding hydrogens is 562 g/mol. The number of hydrogen-bond donors (Lipinski definition) is 0. The Kier molecular flexibility index (Phi) is 5.81. The summed E-state index contributed by atoms with van der Waals surface area (Å²) >= 11 is 0. The largest absolute Gasteiger partial charge is 0.294 e. The van der Waals surface area contributed by atoms with Crippen LogP contribution in [0.4, 0.5) is 0 Å². The van der Waals surface area contributed by atoms with Gasteiger partial charge in [0.05, 0.1) is 28.2 Å². The molecule has 5 aromatic carbocycles. The van der Waals surface area contributed by atoms with Gasteiger partial charge in [-0.15, -0.1) is 0 Å². The molecule has 0 aliphatic heterocycles. The van der Waals surface area contributed by atoms with E-state index in [2.05, 4.69) is 124 Å². The maximum absolute atomic E-state index is 10.0. The van der Waals surface area contributed by atoms with E-state index in [1.807, 2.05) is 42.6 Å². The van der Waals surface area contributed by atoms with Gasteiger partial charge in [0.2, 0.25) is 0 Å². The Labute approximate surface area is 264 Å². The molecule has 214 valence electrons. The SMILES string of the molecule is N#Cc1ccccc1-c1ccccc1-c1cc(-n2c3ccccc3c3ccccc32)nc(-n2c3ccccc3c3cccnc32)c1. The maximum atomic E-state index is 10.0. The van der Waals surface area contributed by atoms with Crippen molar-refractivity contribution in [2.45, 2.75) is 0 Å². The first-order valence-electron chi connectivity index (χ1n) is 15.2. The molecule has 0 spiro atoms. The van der Waals surface area contributed by atoms with E-state index in [-0.39, 0.29) is 0 Å². The highest BCUT2D eigenvalue weighted by Crippen LogP contribution is 2.39. The van der Waals surface area contributed by atoms with Crippen LogP contribution in [0, 0.1) is 11.3 Å². The molecule has 46 heavy (non-hydrogen) atoms. The van der Waals surface area contributed by atoms with Crippen LogP contribution in [0.2, 0.25) is 0 Å². The fourth-order valence-corrected chi connectivity index (χ4v) is 6.87. The quantitative estimate of drug-likeness (QED) is 0.206. The molecule has 0 unspecified atom stereocenters. The van der Waals surface area contributed by atoms with E-state index >= 15 is 0 Å². The number of fused-ring (bicyclic) bond motifs is 6. The van der Waals surface area contributed by atoms with Crippen LogP contribution in [-0.2, 0) is 0 Å². The minimum absolute atomic E-state index is 0.637. The third-order valence-electron chi connectivity index (χ3n) is 8.85. The number of aromatic nitrogens is 4. The van der Waals surface area contributed by atoms with Crippen LogP contribution >= 0.6 is 0 Å². The van der Waals surface area contributed by atoms with Crippen molar-refractivity contribution >= 4 is 43.7 Å². The summed E-state index contributed by atoms with van der Waals surface area (Å²) in [7, 11) is 0. The van der Waals surface area contributed by atoms with Gasteiger partial charge >= 0.3 is 0 Å². The van der Waals surface area contributed by atoms with Crippen molar-refractivity contribution in [3.05, 3.63) is 157 Å². The Hall–Kier alpha value is -6.51. The van der Waals surface area contributed by atoms with Crippen LogP contribution in [0.5, 0.6) is 0 Å². The Morgan fingerprint density at radius 1 is 0.478 bits per heavy atom. The van der Waals surface area contributed by atoms with Crippen molar-refractivity contribution in [1.29, 1.82) is 5.26 Å². The molecule has 5 heteroatoms. The summed E-state index contributed by atoms with van der Waals surface area (Å²) in [5, 5.41) is 14.6. The van der Waals surface area contributed by atoms with Gasteiger partial charge in [-0.25, -0.2) is 9.97 Å². The Balaban J connectivity index is 1.41. The summed E-state index contributed by atoms with van der Waals surface area (Å²) in [6, 6.07) is 52.2. The standard InChI is InChI=1S/C41H25N5/c42-26-27-12-1-2-13-29(27)31-15-4-3-14-30(31)28-24-39(45-36-20-8-5-16-32(36)33-17-6-9-21-37(33)45)44-40(25-28)46-38-22-10-7-18-34(38)35-19-11-23-43-41(35)46/h1-25H. The first-order chi connectivity index (χ1) is 22.8. The van der Waals surface area contributed by atoms with Crippen LogP contribution < -0.4 is 0 Å². The molecule has 9 rings (SSSR count). The van der Waals surface area contributed by atoms with Gasteiger partial charge < -0.3 is 0 Å². The number of nitriles is 1. The average molecular weight is 588 g/mol. The molecule has 9 aromatic rings. The third-order valence-corrected chi connectivity index (χ3v) is 8.85. The molecule has 0 bridgehead atoms. The van der Waals surface area contributed by atoms with Crippen LogP contribution in [-0.4, -0.2) is 19.1 Å². The van der Waals surface area contributed by atoms with E-state index in [0.29, 0.717) is 5.56 Å². The third kappa shape index (κ3) is 3.88. The minimum atomic E-state index is 0.637. The average Bonchev–Trinajstić information content (AvgIpc) is 3.65. The second kappa shape index (κ2) is 10.3. The number of rotatable bonds is 4. The molecule has 0 amide bonds. The molecule has 0 atom stereocenters. The summed E-state index contributed by atoms with van der Waals surface area (Å²) in [6.45, 7) is 0. The second-order valence-corrected chi connectivity index (χ2v) is 11.4. The summed E-state index contributed by atoms with van der Waals surface area (Å²) in [5.74, 6) is 1.57. The molecule has 0 radical (unpaired) electrons. The predicted octanol–water partition coefficient (Wildman–Crippen LogP) is 9.88. The van der Waals surface area contributed by atoms with Crippen molar-refractivity contribution in [2.75, 3.05) is 0 Å². The van der Waals surface area contributed by atoms with Crippen LogP contribution in [0.15, 0.2) is 152 Å². The van der Waals surface area contributed by atoms with E-state index in [9.17, 15) is 5.26 Å². The zero-order chi connectivity index (χ0) is 30.6. The van der Waals surface area contributed by atoms with Crippen molar-refractivity contribution in [1.82, 2.24) is 19.1 Å². The lowest BCUT2D eigenvalue weighted by Gasteiger charge is -2.16. The van der Waals surface area contributed by atoms with E-state index in [0.717, 1.165) is 66.9 Å². The minimum Gasteiger partial charge on any atom is -0.294 e. The van der Waals surface area contributed by atoms with Gasteiger partial charge in [-0.05, 0) is 65.2 Å². The van der Waals surface area contributed by atoms with E-state index in [1.54, 1.807) is 0 Å². The zero-order valence-corrected chi connectivity index (χ0v) is 24.7. The fraction of sp³-hybridized carbons (Fsp3) is 0. The lowest BCUT2D eigenvalue weighted by atomic mass is 9.92. The normalized spacial score (nSPS) is 11.5. The molecule has 5 nitrogen and oxygen atoms in total. The van der Waals surface area contributed by atoms with Crippen molar-refractivity contribution in [3.8, 4) is 40.0 Å². The highest BCUT2D eigenvalue weighted by atomic mass is 15.2. The summed E-state index contributed by atoms with van der Waals surface area (Å²) in [6.07, 6.45) is 1.84. The Morgan fingerprint density at radius 3 is 1.65 bits per heavy atom. The molecule has 0 aliphatic carbocycles. The van der Waals surface area contributed by atoms with Crippen molar-refractivity contribution in [3.63, 3.8) is 0 Å². The van der Waals surface area contributed by atoms with Crippen LogP contribution in [0.3, 0.4) is 0 Å². The predicted molar refractivity (Wildman–Crippen MR) is 186 cm³/mol. The molecule has 0 saturated heterocycles. The summed E-state index contributed by atoms with van der Waals surface area (Å²) in [4.78, 5) is 10.3. The first kappa shape index (κ1) is 25.9. The van der Waals surface area contributed by atoms with Crippen LogP contribution in [0.1, 0.15) is 5.56 Å². The topological polar surface area (TPSA) is 59.4 Å². The molecule has 0 fully saturated rings. The van der Waals surface area contributed by atoms with E-state index in [1.165, 1.54) is 10.8 Å². The lowest BCUT2D eigenvalue weighted by Crippen LogP contribution is -2.05. The van der Waals surface area contributed by atoms with E-state index < -0.39 is 0 Å². The van der Waals surface area contributed by atoms with Gasteiger partial charge in [0, 0.05) is 33.3 Å². The zero-order valence-electron chi connectivity index (χ0n) is 24.7. The Morgan fingerprint density at radius 2 is 0.978 bits per heavy atom. The highest BCUT2D eigenvalue weighted by Gasteiger charge is 2.20. The Bertz CT molecular complexity index is 2430. The molecule has 0 aliphatic rings. The second-order valence-electron chi connectivity index (χ2n) is 11.4. The van der Waals surface area contributed by atoms with E-state index in [4.69, 9.17) is 9.97 Å². The fourth-order valence-electron chi connectivity index (χ4n) is 6.87. The molecule has 4 heterocycles. The molecule has 0 N–H and O–H groups in total. The smallest absolute Gasteiger partial charge is 0.146 e. The summed E-state index contributed by atoms with van der Waals surface area (Å²) < 4.78 is 4.42. The number of hydrogen-bond acceptors (Lipinski definition) is 3. The van der Waals surface area contributed by atoms with Gasteiger partial charge in [-0.2, -0.15) is 5.26 Å². The van der Waals surface area contributed by atoms with Gasteiger partial charge in [0.1, 0.15) is 17.3 Å². The van der Waals surface area contributed by atoms with Crippen molar-refractivity contribution in [2.24, 2.45) is 0 Å².